The van der Waals surface area contributed by atoms with Gasteiger partial charge in [0.05, 0.1) is 30.4 Å². The summed E-state index contributed by atoms with van der Waals surface area (Å²) in [5.41, 5.74) is 3.35. The Morgan fingerprint density at radius 1 is 1.04 bits per heavy atom. The van der Waals surface area contributed by atoms with E-state index in [0.29, 0.717) is 16.7 Å². The van der Waals surface area contributed by atoms with E-state index in [1.807, 2.05) is 24.3 Å². The van der Waals surface area contributed by atoms with E-state index in [-0.39, 0.29) is 0 Å². The lowest BCUT2D eigenvalue weighted by Crippen LogP contribution is -1.96. The predicted octanol–water partition coefficient (Wildman–Crippen LogP) is 3.70. The summed E-state index contributed by atoms with van der Waals surface area (Å²) in [5, 5.41) is 17.8. The summed E-state index contributed by atoms with van der Waals surface area (Å²) >= 11 is 0. The van der Waals surface area contributed by atoms with Crippen LogP contribution in [0.5, 0.6) is 0 Å². The molecule has 2 rings (SSSR count). The van der Waals surface area contributed by atoms with Crippen LogP contribution in [-0.4, -0.2) is 13.1 Å². The van der Waals surface area contributed by atoms with Crippen LogP contribution >= 0.6 is 0 Å². The normalized spacial score (nSPS) is 10.9. The number of nitrogens with zero attached hydrogens (tertiary/aromatic N) is 2. The third-order valence-corrected chi connectivity index (χ3v) is 3.29. The number of hydrogen-bond acceptors (Lipinski definition) is 4. The molecule has 0 aromatic heterocycles. The van der Waals surface area contributed by atoms with Crippen molar-refractivity contribution in [2.45, 2.75) is 0 Å². The maximum Gasteiger partial charge on any atom is 0.331 e. The topological polar surface area (TPSA) is 73.9 Å². The fraction of sp³-hybridized carbons (Fsp3) is 0.0500. The van der Waals surface area contributed by atoms with Crippen LogP contribution in [0.1, 0.15) is 22.3 Å². The van der Waals surface area contributed by atoms with Crippen molar-refractivity contribution in [1.29, 1.82) is 10.5 Å². The summed E-state index contributed by atoms with van der Waals surface area (Å²) in [6, 6.07) is 18.2. The zero-order valence-electron chi connectivity index (χ0n) is 13.1. The van der Waals surface area contributed by atoms with E-state index in [4.69, 9.17) is 15.3 Å². The van der Waals surface area contributed by atoms with Gasteiger partial charge >= 0.3 is 5.97 Å². The molecule has 0 saturated carbocycles. The Labute approximate surface area is 140 Å². The molecule has 24 heavy (non-hydrogen) atoms. The van der Waals surface area contributed by atoms with Crippen LogP contribution in [0.15, 0.2) is 60.7 Å². The smallest absolute Gasteiger partial charge is 0.331 e. The standard InChI is InChI=1S/C20H14N2O2/c1-24-20(23)12-19(18-4-2-3-17(11-18)14-22)10-9-15-5-7-16(13-21)8-6-15/h2-12H,1H3/b10-9+,19-12-. The number of nitriles is 2. The Balaban J connectivity index is 2.37. The number of allylic oxidation sites excluding steroid dienone is 2. The van der Waals surface area contributed by atoms with E-state index in [1.54, 1.807) is 36.4 Å². The monoisotopic (exact) mass is 314 g/mol. The number of methoxy groups -OCH3 is 1. The fourth-order valence-electron chi connectivity index (χ4n) is 2.04. The molecule has 4 nitrogen and oxygen atoms in total. The third-order valence-electron chi connectivity index (χ3n) is 3.29. The summed E-state index contributed by atoms with van der Waals surface area (Å²) in [7, 11) is 1.31. The van der Waals surface area contributed by atoms with Gasteiger partial charge in [0.2, 0.25) is 0 Å². The van der Waals surface area contributed by atoms with E-state index in [1.165, 1.54) is 13.2 Å². The second kappa shape index (κ2) is 8.12. The van der Waals surface area contributed by atoms with Crippen molar-refractivity contribution in [3.63, 3.8) is 0 Å². The SMILES string of the molecule is COC(=O)/C=C(/C=C/c1ccc(C#N)cc1)c1cccc(C#N)c1. The van der Waals surface area contributed by atoms with Gasteiger partial charge in [-0.3, -0.25) is 0 Å². The molecule has 0 spiro atoms. The number of carbonyl (C=O) groups is 1. The molecule has 116 valence electrons. The van der Waals surface area contributed by atoms with Gasteiger partial charge in [-0.2, -0.15) is 10.5 Å². The first-order chi connectivity index (χ1) is 11.7. The van der Waals surface area contributed by atoms with E-state index < -0.39 is 5.97 Å². The number of rotatable bonds is 4. The van der Waals surface area contributed by atoms with Crippen molar-refractivity contribution < 1.29 is 9.53 Å². The fourth-order valence-corrected chi connectivity index (χ4v) is 2.04. The molecule has 0 aliphatic rings. The number of hydrogen-bond donors (Lipinski definition) is 0. The minimum atomic E-state index is -0.475. The number of ether oxygens (including phenoxy) is 1. The van der Waals surface area contributed by atoms with E-state index >= 15 is 0 Å². The Morgan fingerprint density at radius 2 is 1.75 bits per heavy atom. The van der Waals surface area contributed by atoms with Gasteiger partial charge in [0.25, 0.3) is 0 Å². The Hall–Kier alpha value is -3.63. The molecule has 0 saturated heterocycles. The van der Waals surface area contributed by atoms with Crippen LogP contribution in [0.25, 0.3) is 11.6 Å². The largest absolute Gasteiger partial charge is 0.466 e. The van der Waals surface area contributed by atoms with Gasteiger partial charge in [-0.25, -0.2) is 4.79 Å². The second-order valence-electron chi connectivity index (χ2n) is 4.88. The van der Waals surface area contributed by atoms with Crippen molar-refractivity contribution in [3.8, 4) is 12.1 Å². The first kappa shape index (κ1) is 16.7. The van der Waals surface area contributed by atoms with Gasteiger partial charge in [0.15, 0.2) is 0 Å². The Bertz CT molecular complexity index is 879. The molecule has 2 aromatic rings. The van der Waals surface area contributed by atoms with Crippen LogP contribution in [0.2, 0.25) is 0 Å². The number of esters is 1. The molecule has 4 heteroatoms. The highest BCUT2D eigenvalue weighted by molar-refractivity contribution is 5.95. The van der Waals surface area contributed by atoms with Gasteiger partial charge in [-0.15, -0.1) is 0 Å². The minimum absolute atomic E-state index is 0.475. The van der Waals surface area contributed by atoms with Crippen LogP contribution < -0.4 is 0 Å². The molecular weight excluding hydrogens is 300 g/mol. The molecule has 0 aliphatic carbocycles. The van der Waals surface area contributed by atoms with Crippen molar-refractivity contribution >= 4 is 17.6 Å². The van der Waals surface area contributed by atoms with Gasteiger partial charge in [0, 0.05) is 6.08 Å². The van der Waals surface area contributed by atoms with Crippen LogP contribution in [0, 0.1) is 22.7 Å². The highest BCUT2D eigenvalue weighted by Gasteiger charge is 2.04. The van der Waals surface area contributed by atoms with Crippen molar-refractivity contribution in [3.05, 3.63) is 82.9 Å². The number of benzene rings is 2. The molecule has 0 fully saturated rings. The lowest BCUT2D eigenvalue weighted by Gasteiger charge is -2.04. The quantitative estimate of drug-likeness (QED) is 0.490. The zero-order valence-corrected chi connectivity index (χ0v) is 13.1. The van der Waals surface area contributed by atoms with Crippen molar-refractivity contribution in [2.24, 2.45) is 0 Å². The predicted molar refractivity (Wildman–Crippen MR) is 91.3 cm³/mol. The lowest BCUT2D eigenvalue weighted by molar-refractivity contribution is -0.134. The van der Waals surface area contributed by atoms with Crippen LogP contribution in [0.3, 0.4) is 0 Å². The van der Waals surface area contributed by atoms with Gasteiger partial charge in [-0.1, -0.05) is 36.4 Å². The molecule has 0 heterocycles. The average Bonchev–Trinajstić information content (AvgIpc) is 2.65. The van der Waals surface area contributed by atoms with E-state index in [9.17, 15) is 4.79 Å². The molecule has 0 aliphatic heterocycles. The van der Waals surface area contributed by atoms with Crippen LogP contribution in [-0.2, 0) is 9.53 Å². The molecule has 2 aromatic carbocycles. The molecule has 0 amide bonds. The van der Waals surface area contributed by atoms with Gasteiger partial charge in [0.1, 0.15) is 0 Å². The van der Waals surface area contributed by atoms with Crippen LogP contribution in [0.4, 0.5) is 0 Å². The first-order valence-electron chi connectivity index (χ1n) is 7.14. The summed E-state index contributed by atoms with van der Waals surface area (Å²) < 4.78 is 4.69. The Morgan fingerprint density at radius 3 is 2.38 bits per heavy atom. The number of carbonyl (C=O) groups excluding carboxylic acids is 1. The average molecular weight is 314 g/mol. The highest BCUT2D eigenvalue weighted by atomic mass is 16.5. The summed E-state index contributed by atoms with van der Waals surface area (Å²) in [6.07, 6.45) is 4.97. The highest BCUT2D eigenvalue weighted by Crippen LogP contribution is 2.19. The van der Waals surface area contributed by atoms with Gasteiger partial charge in [-0.05, 0) is 41.0 Å². The Kier molecular flexibility index (Phi) is 5.66. The molecule has 0 unspecified atom stereocenters. The van der Waals surface area contributed by atoms with Crippen molar-refractivity contribution in [2.75, 3.05) is 7.11 Å². The maximum absolute atomic E-state index is 11.6. The van der Waals surface area contributed by atoms with Gasteiger partial charge < -0.3 is 4.74 Å². The molecular formula is C20H14N2O2. The molecule has 0 radical (unpaired) electrons. The summed E-state index contributed by atoms with van der Waals surface area (Å²) in [4.78, 5) is 11.6. The van der Waals surface area contributed by atoms with E-state index in [0.717, 1.165) is 11.1 Å². The molecule has 0 bridgehead atoms. The minimum Gasteiger partial charge on any atom is -0.466 e. The zero-order chi connectivity index (χ0) is 17.4. The van der Waals surface area contributed by atoms with Crippen molar-refractivity contribution in [1.82, 2.24) is 0 Å². The first-order valence-corrected chi connectivity index (χ1v) is 7.14. The third kappa shape index (κ3) is 4.43. The summed E-state index contributed by atoms with van der Waals surface area (Å²) in [6.45, 7) is 0. The lowest BCUT2D eigenvalue weighted by atomic mass is 10.0. The summed E-state index contributed by atoms with van der Waals surface area (Å²) in [5.74, 6) is -0.475. The maximum atomic E-state index is 11.6. The molecule has 0 atom stereocenters. The molecule has 0 N–H and O–H groups in total. The second-order valence-corrected chi connectivity index (χ2v) is 4.88. The van der Waals surface area contributed by atoms with E-state index in [2.05, 4.69) is 12.1 Å².